The van der Waals surface area contributed by atoms with Crippen molar-refractivity contribution in [2.75, 3.05) is 13.1 Å². The molecule has 1 heterocycles. The Kier molecular flexibility index (Phi) is 4.85. The number of carbonyl (C=O) groups excluding carboxylic acids is 1. The first-order valence-electron chi connectivity index (χ1n) is 5.08. The average molecular weight is 256 g/mol. The Morgan fingerprint density at radius 3 is 2.81 bits per heavy atom. The van der Waals surface area contributed by atoms with Crippen molar-refractivity contribution < 1.29 is 4.79 Å². The van der Waals surface area contributed by atoms with E-state index in [9.17, 15) is 4.79 Å². The van der Waals surface area contributed by atoms with Crippen LogP contribution in [0.25, 0.3) is 0 Å². The van der Waals surface area contributed by atoms with Gasteiger partial charge in [-0.25, -0.2) is 0 Å². The van der Waals surface area contributed by atoms with Gasteiger partial charge in [-0.2, -0.15) is 0 Å². The zero-order valence-corrected chi connectivity index (χ0v) is 11.0. The van der Waals surface area contributed by atoms with Crippen LogP contribution in [0, 0.1) is 19.3 Å². The lowest BCUT2D eigenvalue weighted by atomic mass is 10.3. The summed E-state index contributed by atoms with van der Waals surface area (Å²) in [4.78, 5) is 14.4. The fourth-order valence-corrected chi connectivity index (χ4v) is 2.59. The molecule has 0 radical (unpaired) electrons. The number of nitrogens with zero attached hydrogens (tertiary/aromatic N) is 1. The molecule has 0 aliphatic heterocycles. The highest BCUT2D eigenvalue weighted by atomic mass is 35.5. The summed E-state index contributed by atoms with van der Waals surface area (Å²) < 4.78 is 0. The molecule has 0 spiro atoms. The van der Waals surface area contributed by atoms with Crippen LogP contribution in [0.1, 0.15) is 28.6 Å². The van der Waals surface area contributed by atoms with Crippen molar-refractivity contribution in [2.24, 2.45) is 0 Å². The molecule has 0 N–H and O–H groups in total. The molecule has 1 amide bonds. The Hall–Kier alpha value is -0.980. The molecule has 0 unspecified atom stereocenters. The SMILES string of the molecule is C#CCN(CCC)C(=O)c1scc(C)c1Cl. The van der Waals surface area contributed by atoms with E-state index >= 15 is 0 Å². The second kappa shape index (κ2) is 5.93. The number of hydrogen-bond donors (Lipinski definition) is 0. The zero-order valence-electron chi connectivity index (χ0n) is 9.42. The van der Waals surface area contributed by atoms with Crippen molar-refractivity contribution in [2.45, 2.75) is 20.3 Å². The van der Waals surface area contributed by atoms with E-state index in [0.29, 0.717) is 23.0 Å². The van der Waals surface area contributed by atoms with E-state index in [0.717, 1.165) is 12.0 Å². The molecule has 1 aromatic heterocycles. The van der Waals surface area contributed by atoms with Gasteiger partial charge in [-0.1, -0.05) is 24.4 Å². The van der Waals surface area contributed by atoms with Crippen molar-refractivity contribution >= 4 is 28.8 Å². The Labute approximate surface area is 105 Å². The van der Waals surface area contributed by atoms with Gasteiger partial charge in [-0.15, -0.1) is 17.8 Å². The largest absolute Gasteiger partial charge is 0.327 e. The van der Waals surface area contributed by atoms with Gasteiger partial charge in [0.2, 0.25) is 0 Å². The summed E-state index contributed by atoms with van der Waals surface area (Å²) in [5.41, 5.74) is 0.937. The van der Waals surface area contributed by atoms with Crippen molar-refractivity contribution in [3.63, 3.8) is 0 Å². The number of aryl methyl sites for hydroxylation is 1. The Morgan fingerprint density at radius 2 is 2.38 bits per heavy atom. The maximum Gasteiger partial charge on any atom is 0.266 e. The average Bonchev–Trinajstić information content (AvgIpc) is 2.59. The summed E-state index contributed by atoms with van der Waals surface area (Å²) in [5.74, 6) is 2.43. The zero-order chi connectivity index (χ0) is 12.1. The van der Waals surface area contributed by atoms with E-state index in [4.69, 9.17) is 18.0 Å². The molecule has 1 rings (SSSR count). The van der Waals surface area contributed by atoms with Crippen molar-refractivity contribution in [3.8, 4) is 12.3 Å². The maximum atomic E-state index is 12.1. The molecule has 0 bridgehead atoms. The summed E-state index contributed by atoms with van der Waals surface area (Å²) in [5, 5.41) is 2.43. The second-order valence-electron chi connectivity index (χ2n) is 3.49. The highest BCUT2D eigenvalue weighted by Gasteiger charge is 2.19. The molecule has 0 aromatic carbocycles. The van der Waals surface area contributed by atoms with Gasteiger partial charge in [0.15, 0.2) is 0 Å². The second-order valence-corrected chi connectivity index (χ2v) is 4.75. The Bertz CT molecular complexity index is 419. The third kappa shape index (κ3) is 2.78. The molecular formula is C12H14ClNOS. The number of amides is 1. The van der Waals surface area contributed by atoms with Crippen LogP contribution in [0.2, 0.25) is 5.02 Å². The van der Waals surface area contributed by atoms with Gasteiger partial charge in [0.25, 0.3) is 5.91 Å². The smallest absolute Gasteiger partial charge is 0.266 e. The van der Waals surface area contributed by atoms with Gasteiger partial charge in [-0.3, -0.25) is 4.79 Å². The van der Waals surface area contributed by atoms with Gasteiger partial charge < -0.3 is 4.90 Å². The quantitative estimate of drug-likeness (QED) is 0.757. The van der Waals surface area contributed by atoms with Crippen LogP contribution < -0.4 is 0 Å². The molecule has 0 saturated carbocycles. The molecular weight excluding hydrogens is 242 g/mol. The molecule has 2 nitrogen and oxygen atoms in total. The fourth-order valence-electron chi connectivity index (χ4n) is 1.35. The number of rotatable bonds is 4. The highest BCUT2D eigenvalue weighted by Crippen LogP contribution is 2.28. The minimum atomic E-state index is -0.0668. The molecule has 0 atom stereocenters. The standard InChI is InChI=1S/C12H14ClNOS/c1-4-6-14(7-5-2)12(15)11-10(13)9(3)8-16-11/h1,8H,5-7H2,2-3H3. The van der Waals surface area contributed by atoms with Gasteiger partial charge >= 0.3 is 0 Å². The predicted molar refractivity (Wildman–Crippen MR) is 69.1 cm³/mol. The van der Waals surface area contributed by atoms with Gasteiger partial charge in [0, 0.05) is 6.54 Å². The third-order valence-corrected chi connectivity index (χ3v) is 3.84. The normalized spacial score (nSPS) is 9.88. The van der Waals surface area contributed by atoms with Crippen LogP contribution in [-0.2, 0) is 0 Å². The topological polar surface area (TPSA) is 20.3 Å². The molecule has 0 saturated heterocycles. The first-order valence-corrected chi connectivity index (χ1v) is 6.33. The molecule has 0 fully saturated rings. The lowest BCUT2D eigenvalue weighted by molar-refractivity contribution is 0.0782. The molecule has 4 heteroatoms. The van der Waals surface area contributed by atoms with Gasteiger partial charge in [0.05, 0.1) is 11.6 Å². The minimum Gasteiger partial charge on any atom is -0.327 e. The van der Waals surface area contributed by atoms with E-state index in [1.807, 2.05) is 19.2 Å². The maximum absolute atomic E-state index is 12.1. The van der Waals surface area contributed by atoms with Gasteiger partial charge in [-0.05, 0) is 24.3 Å². The van der Waals surface area contributed by atoms with Crippen LogP contribution in [-0.4, -0.2) is 23.9 Å². The molecule has 1 aromatic rings. The molecule has 0 aliphatic carbocycles. The molecule has 0 aliphatic rings. The molecule has 16 heavy (non-hydrogen) atoms. The lowest BCUT2D eigenvalue weighted by Crippen LogP contribution is -2.31. The fraction of sp³-hybridized carbons (Fsp3) is 0.417. The first kappa shape index (κ1) is 13.1. The van der Waals surface area contributed by atoms with Crippen LogP contribution in [0.15, 0.2) is 5.38 Å². The number of thiophene rings is 1. The van der Waals surface area contributed by atoms with Crippen molar-refractivity contribution in [1.82, 2.24) is 4.90 Å². The summed E-state index contributed by atoms with van der Waals surface area (Å²) in [6, 6.07) is 0. The summed E-state index contributed by atoms with van der Waals surface area (Å²) in [6.45, 7) is 4.90. The van der Waals surface area contributed by atoms with E-state index in [2.05, 4.69) is 5.92 Å². The first-order chi connectivity index (χ1) is 7.61. The lowest BCUT2D eigenvalue weighted by Gasteiger charge is -2.18. The number of halogens is 1. The summed E-state index contributed by atoms with van der Waals surface area (Å²) in [6.07, 6.45) is 6.13. The molecule has 86 valence electrons. The number of terminal acetylenes is 1. The predicted octanol–water partition coefficient (Wildman–Crippen LogP) is 3.20. The Balaban J connectivity index is 2.91. The van der Waals surface area contributed by atoms with Crippen LogP contribution in [0.3, 0.4) is 0 Å². The van der Waals surface area contributed by atoms with E-state index < -0.39 is 0 Å². The number of hydrogen-bond acceptors (Lipinski definition) is 2. The van der Waals surface area contributed by atoms with E-state index in [-0.39, 0.29) is 5.91 Å². The summed E-state index contributed by atoms with van der Waals surface area (Å²) in [7, 11) is 0. The number of carbonyl (C=O) groups is 1. The van der Waals surface area contributed by atoms with Crippen molar-refractivity contribution in [3.05, 3.63) is 20.8 Å². The minimum absolute atomic E-state index is 0.0668. The van der Waals surface area contributed by atoms with Gasteiger partial charge in [0.1, 0.15) is 4.88 Å². The van der Waals surface area contributed by atoms with Crippen LogP contribution >= 0.6 is 22.9 Å². The van der Waals surface area contributed by atoms with Crippen LogP contribution in [0.5, 0.6) is 0 Å². The third-order valence-electron chi connectivity index (χ3n) is 2.16. The van der Waals surface area contributed by atoms with E-state index in [1.54, 1.807) is 4.90 Å². The van der Waals surface area contributed by atoms with Crippen LogP contribution in [0.4, 0.5) is 0 Å². The van der Waals surface area contributed by atoms with Crippen molar-refractivity contribution in [1.29, 1.82) is 0 Å². The summed E-state index contributed by atoms with van der Waals surface area (Å²) >= 11 is 7.43. The van der Waals surface area contributed by atoms with E-state index in [1.165, 1.54) is 11.3 Å². The highest BCUT2D eigenvalue weighted by molar-refractivity contribution is 7.13. The monoisotopic (exact) mass is 255 g/mol. The Morgan fingerprint density at radius 1 is 1.69 bits per heavy atom.